The van der Waals surface area contributed by atoms with E-state index in [-0.39, 0.29) is 23.5 Å². The number of carbonyl (C=O) groups is 2. The molecule has 0 aliphatic heterocycles. The molecule has 2 aliphatic carbocycles. The molecule has 6 heteroatoms. The Balaban J connectivity index is 2.57. The van der Waals surface area contributed by atoms with Crippen LogP contribution in [0.25, 0.3) is 0 Å². The number of likely N-dealkylation sites (N-methyl/N-ethyl adjacent to an activating group) is 1. The molecule has 19 heavy (non-hydrogen) atoms. The molecular weight excluding hydrogens is 248 g/mol. The molecule has 0 aromatic carbocycles. The Labute approximate surface area is 111 Å². The molecule has 0 aromatic rings. The predicted molar refractivity (Wildman–Crippen MR) is 68.1 cm³/mol. The first kappa shape index (κ1) is 13.8. The lowest BCUT2D eigenvalue weighted by Crippen LogP contribution is -2.49. The molecule has 0 aromatic heterocycles. The van der Waals surface area contributed by atoms with Gasteiger partial charge in [-0.25, -0.2) is 0 Å². The Bertz CT molecular complexity index is 493. The van der Waals surface area contributed by atoms with Crippen LogP contribution < -0.4 is 5.73 Å². The van der Waals surface area contributed by atoms with Crippen LogP contribution in [-0.4, -0.2) is 53.0 Å². The number of amides is 1. The number of hydrogen-bond donors (Lipinski definition) is 3. The third kappa shape index (κ3) is 2.17. The Morgan fingerprint density at radius 2 is 2.11 bits per heavy atom. The summed E-state index contributed by atoms with van der Waals surface area (Å²) in [6.45, 7) is 0. The zero-order chi connectivity index (χ0) is 14.3. The van der Waals surface area contributed by atoms with Crippen molar-refractivity contribution in [3.63, 3.8) is 0 Å². The smallest absolute Gasteiger partial charge is 0.252 e. The highest BCUT2D eigenvalue weighted by Crippen LogP contribution is 2.38. The van der Waals surface area contributed by atoms with E-state index in [9.17, 15) is 19.8 Å². The van der Waals surface area contributed by atoms with Crippen molar-refractivity contribution < 1.29 is 19.8 Å². The van der Waals surface area contributed by atoms with E-state index in [0.717, 1.165) is 0 Å². The van der Waals surface area contributed by atoms with Gasteiger partial charge in [0.2, 0.25) is 0 Å². The van der Waals surface area contributed by atoms with Gasteiger partial charge in [0.1, 0.15) is 5.76 Å². The fourth-order valence-corrected chi connectivity index (χ4v) is 2.88. The fraction of sp³-hybridized carbons (Fsp3) is 0.538. The van der Waals surface area contributed by atoms with E-state index in [0.29, 0.717) is 12.0 Å². The van der Waals surface area contributed by atoms with Crippen LogP contribution in [0.5, 0.6) is 0 Å². The number of primary amides is 1. The van der Waals surface area contributed by atoms with Gasteiger partial charge in [0.25, 0.3) is 5.91 Å². The minimum Gasteiger partial charge on any atom is -0.510 e. The number of nitrogens with zero attached hydrogens (tertiary/aromatic N) is 1. The van der Waals surface area contributed by atoms with Gasteiger partial charge in [-0.1, -0.05) is 0 Å². The second-order valence-corrected chi connectivity index (χ2v) is 5.23. The molecule has 0 radical (unpaired) electrons. The Hall–Kier alpha value is -1.66. The molecule has 0 heterocycles. The molecule has 6 nitrogen and oxygen atoms in total. The molecule has 2 rings (SSSR count). The van der Waals surface area contributed by atoms with Crippen LogP contribution in [0.4, 0.5) is 0 Å². The van der Waals surface area contributed by atoms with Gasteiger partial charge in [-0.05, 0) is 26.6 Å². The molecule has 1 amide bonds. The Morgan fingerprint density at radius 3 is 2.63 bits per heavy atom. The maximum Gasteiger partial charge on any atom is 0.252 e. The number of fused-ring (bicyclic) bond motifs is 1. The molecule has 2 aliphatic rings. The van der Waals surface area contributed by atoms with Crippen LogP contribution in [0.3, 0.4) is 0 Å². The van der Waals surface area contributed by atoms with E-state index < -0.39 is 24.0 Å². The van der Waals surface area contributed by atoms with Gasteiger partial charge in [0, 0.05) is 17.9 Å². The summed E-state index contributed by atoms with van der Waals surface area (Å²) in [4.78, 5) is 25.0. The first-order valence-electron chi connectivity index (χ1n) is 6.16. The normalized spacial score (nSPS) is 31.3. The van der Waals surface area contributed by atoms with Crippen molar-refractivity contribution in [2.45, 2.75) is 25.0 Å². The highest BCUT2D eigenvalue weighted by Gasteiger charge is 2.44. The van der Waals surface area contributed by atoms with Gasteiger partial charge in [-0.15, -0.1) is 0 Å². The average Bonchev–Trinajstić information content (AvgIpc) is 2.32. The van der Waals surface area contributed by atoms with E-state index in [4.69, 9.17) is 5.73 Å². The number of Topliss-reactive ketones (excluding diaryl/α,β-unsaturated/α-hetero) is 1. The summed E-state index contributed by atoms with van der Waals surface area (Å²) in [6.07, 6.45) is 1.22. The largest absolute Gasteiger partial charge is 0.510 e. The van der Waals surface area contributed by atoms with Crippen LogP contribution in [0.15, 0.2) is 23.0 Å². The second-order valence-electron chi connectivity index (χ2n) is 5.23. The van der Waals surface area contributed by atoms with Gasteiger partial charge < -0.3 is 15.9 Å². The van der Waals surface area contributed by atoms with Gasteiger partial charge in [-0.3, -0.25) is 14.5 Å². The van der Waals surface area contributed by atoms with Crippen molar-refractivity contribution >= 4 is 11.7 Å². The zero-order valence-electron chi connectivity index (χ0n) is 11.0. The molecule has 4 N–H and O–H groups in total. The standard InChI is InChI=1S/C13H18N2O4/c1-15(2)11-10-6(8(16)3-4-9(10)17)5-7(12(11)18)13(14)19/h5,9-11,17-18H,3-4H2,1-2H3,(H2,14,19). The third-order valence-corrected chi connectivity index (χ3v) is 3.78. The van der Waals surface area contributed by atoms with Gasteiger partial charge in [-0.2, -0.15) is 0 Å². The molecule has 104 valence electrons. The molecule has 3 unspecified atom stereocenters. The van der Waals surface area contributed by atoms with Crippen molar-refractivity contribution in [1.82, 2.24) is 4.90 Å². The summed E-state index contributed by atoms with van der Waals surface area (Å²) in [5, 5.41) is 20.3. The van der Waals surface area contributed by atoms with Crippen LogP contribution in [0.1, 0.15) is 12.8 Å². The molecule has 1 fully saturated rings. The van der Waals surface area contributed by atoms with E-state index in [1.807, 2.05) is 0 Å². The Kier molecular flexibility index (Phi) is 3.47. The van der Waals surface area contributed by atoms with E-state index in [1.165, 1.54) is 6.08 Å². The number of hydrogen-bond acceptors (Lipinski definition) is 5. The van der Waals surface area contributed by atoms with Crippen molar-refractivity contribution in [2.24, 2.45) is 11.7 Å². The fourth-order valence-electron chi connectivity index (χ4n) is 2.88. The Morgan fingerprint density at radius 1 is 1.47 bits per heavy atom. The first-order valence-corrected chi connectivity index (χ1v) is 6.16. The maximum atomic E-state index is 12.0. The molecule has 0 saturated heterocycles. The topological polar surface area (TPSA) is 104 Å². The molecule has 0 spiro atoms. The maximum absolute atomic E-state index is 12.0. The zero-order valence-corrected chi connectivity index (χ0v) is 11.0. The monoisotopic (exact) mass is 266 g/mol. The number of aliphatic hydroxyl groups excluding tert-OH is 2. The minimum atomic E-state index is -0.775. The van der Waals surface area contributed by atoms with E-state index in [1.54, 1.807) is 19.0 Å². The van der Waals surface area contributed by atoms with E-state index >= 15 is 0 Å². The number of carbonyl (C=O) groups excluding carboxylic acids is 2. The lowest BCUT2D eigenvalue weighted by atomic mass is 9.72. The average molecular weight is 266 g/mol. The molecule has 0 bridgehead atoms. The lowest BCUT2D eigenvalue weighted by Gasteiger charge is -2.41. The number of ketones is 1. The van der Waals surface area contributed by atoms with Crippen molar-refractivity contribution in [1.29, 1.82) is 0 Å². The predicted octanol–water partition coefficient (Wildman–Crippen LogP) is -0.506. The van der Waals surface area contributed by atoms with Gasteiger partial charge in [0.05, 0.1) is 17.7 Å². The van der Waals surface area contributed by atoms with Crippen molar-refractivity contribution in [3.8, 4) is 0 Å². The molecular formula is C13H18N2O4. The first-order chi connectivity index (χ1) is 8.84. The number of nitrogens with two attached hydrogens (primary N) is 1. The van der Waals surface area contributed by atoms with Gasteiger partial charge >= 0.3 is 0 Å². The highest BCUT2D eigenvalue weighted by molar-refractivity contribution is 6.03. The van der Waals surface area contributed by atoms with Crippen molar-refractivity contribution in [2.75, 3.05) is 14.1 Å². The number of rotatable bonds is 2. The summed E-state index contributed by atoms with van der Waals surface area (Å²) >= 11 is 0. The minimum absolute atomic E-state index is 0.0487. The van der Waals surface area contributed by atoms with Crippen LogP contribution in [0, 0.1) is 5.92 Å². The molecule has 1 saturated carbocycles. The quantitative estimate of drug-likeness (QED) is 0.624. The summed E-state index contributed by atoms with van der Waals surface area (Å²) < 4.78 is 0. The van der Waals surface area contributed by atoms with E-state index in [2.05, 4.69) is 0 Å². The summed E-state index contributed by atoms with van der Waals surface area (Å²) in [5.41, 5.74) is 5.56. The van der Waals surface area contributed by atoms with Crippen LogP contribution in [0.2, 0.25) is 0 Å². The van der Waals surface area contributed by atoms with Crippen LogP contribution >= 0.6 is 0 Å². The lowest BCUT2D eigenvalue weighted by molar-refractivity contribution is -0.120. The molecule has 3 atom stereocenters. The van der Waals surface area contributed by atoms with Crippen molar-refractivity contribution in [3.05, 3.63) is 23.0 Å². The van der Waals surface area contributed by atoms with Crippen LogP contribution in [-0.2, 0) is 9.59 Å². The summed E-state index contributed by atoms with van der Waals surface area (Å²) in [5.74, 6) is -1.57. The SMILES string of the molecule is CN(C)C1C(O)=C(C(N)=O)C=C2C(=O)CCC(O)C21. The highest BCUT2D eigenvalue weighted by atomic mass is 16.3. The van der Waals surface area contributed by atoms with Gasteiger partial charge in [0.15, 0.2) is 5.78 Å². The number of aliphatic hydroxyl groups is 2. The second kappa shape index (κ2) is 4.79. The summed E-state index contributed by atoms with van der Waals surface area (Å²) in [6, 6.07) is -0.609. The summed E-state index contributed by atoms with van der Waals surface area (Å²) in [7, 11) is 3.43. The third-order valence-electron chi connectivity index (χ3n) is 3.78.